The molecule has 104 valence electrons. The number of primary amides is 1. The smallest absolute Gasteiger partial charge is 0.234 e. The third-order valence-corrected chi connectivity index (χ3v) is 3.94. The highest BCUT2D eigenvalue weighted by Crippen LogP contribution is 2.24. The highest BCUT2D eigenvalue weighted by Gasteiger charge is 2.35. The summed E-state index contributed by atoms with van der Waals surface area (Å²) in [4.78, 5) is 13.6. The van der Waals surface area contributed by atoms with E-state index in [2.05, 4.69) is 4.90 Å². The van der Waals surface area contributed by atoms with Crippen LogP contribution in [0.15, 0.2) is 18.2 Å². The van der Waals surface area contributed by atoms with E-state index in [4.69, 9.17) is 22.1 Å². The van der Waals surface area contributed by atoms with Crippen molar-refractivity contribution in [3.05, 3.63) is 34.3 Å². The Labute approximate surface area is 118 Å². The first-order valence-corrected chi connectivity index (χ1v) is 6.70. The zero-order valence-electron chi connectivity index (χ0n) is 11.2. The van der Waals surface area contributed by atoms with Gasteiger partial charge in [0, 0.05) is 25.2 Å². The molecule has 2 N–H and O–H groups in total. The van der Waals surface area contributed by atoms with E-state index in [0.717, 1.165) is 22.7 Å². The first-order chi connectivity index (χ1) is 9.01. The van der Waals surface area contributed by atoms with E-state index in [1.54, 1.807) is 7.11 Å². The minimum absolute atomic E-state index is 0.0742. The fourth-order valence-corrected chi connectivity index (χ4v) is 2.79. The van der Waals surface area contributed by atoms with Crippen molar-refractivity contribution < 1.29 is 9.53 Å². The van der Waals surface area contributed by atoms with Gasteiger partial charge in [0.25, 0.3) is 0 Å². The van der Waals surface area contributed by atoms with E-state index in [1.165, 1.54) is 0 Å². The van der Waals surface area contributed by atoms with Gasteiger partial charge in [0.15, 0.2) is 0 Å². The molecule has 1 aromatic carbocycles. The van der Waals surface area contributed by atoms with Crippen molar-refractivity contribution in [3.63, 3.8) is 0 Å². The molecule has 0 saturated carbocycles. The van der Waals surface area contributed by atoms with Gasteiger partial charge >= 0.3 is 0 Å². The molecule has 0 spiro atoms. The third kappa shape index (κ3) is 3.26. The van der Waals surface area contributed by atoms with E-state index >= 15 is 0 Å². The molecule has 0 aromatic heterocycles. The van der Waals surface area contributed by atoms with Gasteiger partial charge in [-0.05, 0) is 36.6 Å². The maximum Gasteiger partial charge on any atom is 0.234 e. The molecule has 19 heavy (non-hydrogen) atoms. The van der Waals surface area contributed by atoms with Crippen LogP contribution in [-0.2, 0) is 16.1 Å². The van der Waals surface area contributed by atoms with Crippen LogP contribution >= 0.6 is 11.6 Å². The molecule has 5 heteroatoms. The molecule has 1 aromatic rings. The number of hydrogen-bond acceptors (Lipinski definition) is 3. The number of likely N-dealkylation sites (tertiary alicyclic amines) is 1. The summed E-state index contributed by atoms with van der Waals surface area (Å²) in [6.45, 7) is 3.44. The van der Waals surface area contributed by atoms with E-state index in [9.17, 15) is 4.79 Å². The topological polar surface area (TPSA) is 55.6 Å². The van der Waals surface area contributed by atoms with Crippen LogP contribution < -0.4 is 5.73 Å². The maximum absolute atomic E-state index is 11.5. The monoisotopic (exact) mass is 282 g/mol. The van der Waals surface area contributed by atoms with Crippen LogP contribution in [0, 0.1) is 6.92 Å². The number of hydrogen-bond donors (Lipinski definition) is 1. The lowest BCUT2D eigenvalue weighted by Crippen LogP contribution is -2.39. The summed E-state index contributed by atoms with van der Waals surface area (Å²) in [5.41, 5.74) is 7.75. The number of carbonyl (C=O) groups excluding carboxylic acids is 1. The van der Waals surface area contributed by atoms with E-state index in [-0.39, 0.29) is 18.1 Å². The summed E-state index contributed by atoms with van der Waals surface area (Å²) >= 11 is 5.95. The number of amides is 1. The fraction of sp³-hybridized carbons (Fsp3) is 0.500. The van der Waals surface area contributed by atoms with Crippen LogP contribution in [0.1, 0.15) is 17.5 Å². The van der Waals surface area contributed by atoms with Crippen molar-refractivity contribution in [3.8, 4) is 0 Å². The summed E-state index contributed by atoms with van der Waals surface area (Å²) in [6, 6.07) is 5.54. The Kier molecular flexibility index (Phi) is 4.45. The maximum atomic E-state index is 11.5. The van der Waals surface area contributed by atoms with E-state index in [0.29, 0.717) is 13.0 Å². The molecule has 4 nitrogen and oxygen atoms in total. The molecule has 0 radical (unpaired) electrons. The van der Waals surface area contributed by atoms with E-state index in [1.807, 2.05) is 25.1 Å². The average Bonchev–Trinajstić information content (AvgIpc) is 2.76. The number of nitrogens with zero attached hydrogens (tertiary/aromatic N) is 1. The summed E-state index contributed by atoms with van der Waals surface area (Å²) in [6.07, 6.45) is 0.739. The van der Waals surface area contributed by atoms with E-state index < -0.39 is 0 Å². The molecular weight excluding hydrogens is 264 g/mol. The molecular formula is C14H19ClN2O2. The highest BCUT2D eigenvalue weighted by atomic mass is 35.5. The number of methoxy groups -OCH3 is 1. The first-order valence-electron chi connectivity index (χ1n) is 6.32. The van der Waals surface area contributed by atoms with Gasteiger partial charge in [-0.25, -0.2) is 0 Å². The number of ether oxygens (including phenoxy) is 1. The van der Waals surface area contributed by atoms with Gasteiger partial charge < -0.3 is 10.5 Å². The second-order valence-corrected chi connectivity index (χ2v) is 5.45. The molecule has 0 aliphatic carbocycles. The number of rotatable bonds is 4. The van der Waals surface area contributed by atoms with Crippen LogP contribution in [0.2, 0.25) is 5.02 Å². The number of nitrogens with two attached hydrogens (primary N) is 1. The quantitative estimate of drug-likeness (QED) is 0.915. The third-order valence-electron chi connectivity index (χ3n) is 3.70. The summed E-state index contributed by atoms with van der Waals surface area (Å²) in [5.74, 6) is -0.286. The predicted octanol–water partition coefficient (Wildman–Crippen LogP) is 1.72. The normalized spacial score (nSPS) is 23.7. The summed E-state index contributed by atoms with van der Waals surface area (Å²) < 4.78 is 5.34. The Bertz CT molecular complexity index is 479. The van der Waals surface area contributed by atoms with Crippen molar-refractivity contribution in [1.82, 2.24) is 4.90 Å². The number of carbonyl (C=O) groups is 1. The number of aryl methyl sites for hydroxylation is 1. The Morgan fingerprint density at radius 2 is 2.32 bits per heavy atom. The molecule has 0 unspecified atom stereocenters. The van der Waals surface area contributed by atoms with Crippen molar-refractivity contribution in [2.45, 2.75) is 32.0 Å². The average molecular weight is 283 g/mol. The molecule has 1 amide bonds. The lowest BCUT2D eigenvalue weighted by molar-refractivity contribution is -0.122. The van der Waals surface area contributed by atoms with Crippen molar-refractivity contribution in [2.75, 3.05) is 13.7 Å². The van der Waals surface area contributed by atoms with Crippen molar-refractivity contribution in [2.24, 2.45) is 5.73 Å². The Morgan fingerprint density at radius 1 is 1.58 bits per heavy atom. The van der Waals surface area contributed by atoms with Gasteiger partial charge in [0.2, 0.25) is 5.91 Å². The highest BCUT2D eigenvalue weighted by molar-refractivity contribution is 6.30. The fourth-order valence-electron chi connectivity index (χ4n) is 2.56. The number of benzene rings is 1. The van der Waals surface area contributed by atoms with Crippen molar-refractivity contribution in [1.29, 1.82) is 0 Å². The first kappa shape index (κ1) is 14.3. The summed E-state index contributed by atoms with van der Waals surface area (Å²) in [7, 11) is 1.67. The lowest BCUT2D eigenvalue weighted by Gasteiger charge is -2.22. The Hall–Kier alpha value is -1.10. The summed E-state index contributed by atoms with van der Waals surface area (Å²) in [5, 5.41) is 0.726. The Morgan fingerprint density at radius 3 is 2.89 bits per heavy atom. The molecule has 2 rings (SSSR count). The van der Waals surface area contributed by atoms with Crippen LogP contribution in [0.4, 0.5) is 0 Å². The van der Waals surface area contributed by atoms with Crippen LogP contribution in [0.3, 0.4) is 0 Å². The predicted molar refractivity (Wildman–Crippen MR) is 75.0 cm³/mol. The Balaban J connectivity index is 2.14. The molecule has 0 bridgehead atoms. The standard InChI is InChI=1S/C14H19ClN2O2/c1-9-5-11(15)4-3-10(9)7-17-8-12(19-2)6-13(17)14(16)18/h3-5,12-13H,6-8H2,1-2H3,(H2,16,18)/t12-,13-/m0/s1. The van der Waals surface area contributed by atoms with Crippen molar-refractivity contribution >= 4 is 17.5 Å². The minimum Gasteiger partial charge on any atom is -0.380 e. The molecule has 1 saturated heterocycles. The van der Waals surface area contributed by atoms with Gasteiger partial charge in [-0.3, -0.25) is 9.69 Å². The SMILES string of the molecule is CO[C@H]1C[C@@H](C(N)=O)N(Cc2ccc(Cl)cc2C)C1. The van der Waals surface area contributed by atoms with Crippen LogP contribution in [-0.4, -0.2) is 36.6 Å². The minimum atomic E-state index is -0.286. The van der Waals surface area contributed by atoms with Gasteiger partial charge in [-0.1, -0.05) is 17.7 Å². The lowest BCUT2D eigenvalue weighted by atomic mass is 10.1. The van der Waals surface area contributed by atoms with Gasteiger partial charge in [0.05, 0.1) is 12.1 Å². The zero-order chi connectivity index (χ0) is 14.0. The van der Waals surface area contributed by atoms with Gasteiger partial charge in [-0.15, -0.1) is 0 Å². The second-order valence-electron chi connectivity index (χ2n) is 5.01. The largest absolute Gasteiger partial charge is 0.380 e. The molecule has 1 heterocycles. The zero-order valence-corrected chi connectivity index (χ0v) is 12.0. The van der Waals surface area contributed by atoms with Crippen LogP contribution in [0.5, 0.6) is 0 Å². The van der Waals surface area contributed by atoms with Gasteiger partial charge in [-0.2, -0.15) is 0 Å². The molecule has 1 fully saturated rings. The second kappa shape index (κ2) is 5.90. The molecule has 2 atom stereocenters. The van der Waals surface area contributed by atoms with Crippen LogP contribution in [0.25, 0.3) is 0 Å². The van der Waals surface area contributed by atoms with Gasteiger partial charge in [0.1, 0.15) is 0 Å². The molecule has 1 aliphatic rings. The molecule has 1 aliphatic heterocycles. The number of halogens is 1.